The van der Waals surface area contributed by atoms with Crippen LogP contribution in [0.5, 0.6) is 0 Å². The van der Waals surface area contributed by atoms with E-state index in [-0.39, 0.29) is 5.41 Å². The summed E-state index contributed by atoms with van der Waals surface area (Å²) in [5.74, 6) is 0.646. The van der Waals surface area contributed by atoms with Crippen LogP contribution in [0.3, 0.4) is 0 Å². The summed E-state index contributed by atoms with van der Waals surface area (Å²) in [5.41, 5.74) is 2.69. The van der Waals surface area contributed by atoms with Crippen molar-refractivity contribution in [1.82, 2.24) is 5.32 Å². The topological polar surface area (TPSA) is 48.2 Å². The van der Waals surface area contributed by atoms with Gasteiger partial charge >= 0.3 is 0 Å². The largest absolute Gasteiger partial charge is 0.369 e. The normalized spacial score (nSPS) is 12.1. The van der Waals surface area contributed by atoms with Crippen molar-refractivity contribution in [1.29, 1.82) is 5.26 Å². The Hall–Kier alpha value is -1.82. The van der Waals surface area contributed by atoms with Crippen LogP contribution in [0.4, 0.5) is 0 Å². The van der Waals surface area contributed by atoms with E-state index < -0.39 is 0 Å². The predicted octanol–water partition coefficient (Wildman–Crippen LogP) is 2.97. The first kappa shape index (κ1) is 13.2. The molecule has 1 aromatic carbocycles. The van der Waals surface area contributed by atoms with E-state index in [4.69, 9.17) is 5.26 Å². The molecule has 0 aliphatic rings. The van der Waals surface area contributed by atoms with Crippen LogP contribution in [0.25, 0.3) is 0 Å². The van der Waals surface area contributed by atoms with Gasteiger partial charge in [-0.15, -0.1) is 0 Å². The van der Waals surface area contributed by atoms with Gasteiger partial charge in [0.15, 0.2) is 0 Å². The number of nitrogens with zero attached hydrogens (tertiary/aromatic N) is 2. The molecular weight excluding hydrogens is 210 g/mol. The van der Waals surface area contributed by atoms with Crippen molar-refractivity contribution in [2.24, 2.45) is 4.99 Å². The molecule has 0 heterocycles. The second-order valence-electron chi connectivity index (χ2n) is 5.10. The summed E-state index contributed by atoms with van der Waals surface area (Å²) >= 11 is 0. The summed E-state index contributed by atoms with van der Waals surface area (Å²) in [4.78, 5) is 3.61. The van der Waals surface area contributed by atoms with E-state index in [2.05, 4.69) is 55.3 Å². The van der Waals surface area contributed by atoms with Crippen molar-refractivity contribution >= 4 is 5.84 Å². The number of aliphatic imine (C=N–C) groups is 1. The van der Waals surface area contributed by atoms with Crippen LogP contribution < -0.4 is 5.32 Å². The Kier molecular flexibility index (Phi) is 4.28. The maximum atomic E-state index is 8.38. The van der Waals surface area contributed by atoms with Crippen LogP contribution in [0.2, 0.25) is 0 Å². The quantitative estimate of drug-likeness (QED) is 0.481. The zero-order valence-corrected chi connectivity index (χ0v) is 10.9. The predicted molar refractivity (Wildman–Crippen MR) is 70.7 cm³/mol. The van der Waals surface area contributed by atoms with E-state index in [0.29, 0.717) is 12.4 Å². The number of benzene rings is 1. The molecule has 0 spiro atoms. The summed E-state index contributed by atoms with van der Waals surface area (Å²) in [6, 6.07) is 8.50. The number of rotatable bonds is 2. The molecule has 0 saturated heterocycles. The molecule has 0 atom stereocenters. The molecule has 1 rings (SSSR count). The SMILES string of the molecule is C/C(=N\C#N)NCc1ccc(C(C)(C)C)cc1. The second-order valence-corrected chi connectivity index (χ2v) is 5.10. The molecule has 0 aliphatic heterocycles. The molecule has 0 radical (unpaired) electrons. The highest BCUT2D eigenvalue weighted by Gasteiger charge is 2.12. The first-order chi connectivity index (χ1) is 7.93. The van der Waals surface area contributed by atoms with Gasteiger partial charge < -0.3 is 5.32 Å². The van der Waals surface area contributed by atoms with Gasteiger partial charge in [-0.25, -0.2) is 0 Å². The molecule has 3 nitrogen and oxygen atoms in total. The Balaban J connectivity index is 2.64. The standard InChI is InChI=1S/C14H19N3/c1-11(17-10-15)16-9-12-5-7-13(8-6-12)14(2,3)4/h5-8H,9H2,1-4H3,(H,16,17). The second kappa shape index (κ2) is 5.49. The number of nitrogens with one attached hydrogen (secondary N) is 1. The first-order valence-electron chi connectivity index (χ1n) is 5.70. The van der Waals surface area contributed by atoms with Crippen molar-refractivity contribution in [2.75, 3.05) is 0 Å². The summed E-state index contributed by atoms with van der Waals surface area (Å²) in [6.45, 7) is 9.08. The summed E-state index contributed by atoms with van der Waals surface area (Å²) < 4.78 is 0. The molecule has 1 N–H and O–H groups in total. The van der Waals surface area contributed by atoms with Crippen LogP contribution in [-0.2, 0) is 12.0 Å². The molecule has 90 valence electrons. The zero-order chi connectivity index (χ0) is 12.9. The fraction of sp³-hybridized carbons (Fsp3) is 0.429. The third kappa shape index (κ3) is 4.28. The summed E-state index contributed by atoms with van der Waals surface area (Å²) in [6.07, 6.45) is 1.76. The third-order valence-electron chi connectivity index (χ3n) is 2.59. The molecule has 0 saturated carbocycles. The number of amidine groups is 1. The van der Waals surface area contributed by atoms with Crippen LogP contribution in [0.15, 0.2) is 29.3 Å². The lowest BCUT2D eigenvalue weighted by Gasteiger charge is -2.19. The van der Waals surface area contributed by atoms with Crippen molar-refractivity contribution in [3.8, 4) is 6.19 Å². The van der Waals surface area contributed by atoms with E-state index in [1.54, 1.807) is 13.1 Å². The van der Waals surface area contributed by atoms with Gasteiger partial charge in [0, 0.05) is 6.54 Å². The molecule has 0 fully saturated rings. The molecule has 0 bridgehead atoms. The summed E-state index contributed by atoms with van der Waals surface area (Å²) in [5, 5.41) is 11.5. The Morgan fingerprint density at radius 3 is 2.35 bits per heavy atom. The molecule has 0 aliphatic carbocycles. The molecule has 0 unspecified atom stereocenters. The molecule has 3 heteroatoms. The van der Waals surface area contributed by atoms with E-state index in [9.17, 15) is 0 Å². The van der Waals surface area contributed by atoms with Gasteiger partial charge in [0.1, 0.15) is 5.84 Å². The van der Waals surface area contributed by atoms with Crippen molar-refractivity contribution < 1.29 is 0 Å². The minimum absolute atomic E-state index is 0.185. The molecule has 0 amide bonds. The minimum atomic E-state index is 0.185. The number of hydrogen-bond donors (Lipinski definition) is 1. The van der Waals surface area contributed by atoms with Crippen LogP contribution in [-0.4, -0.2) is 5.84 Å². The lowest BCUT2D eigenvalue weighted by atomic mass is 9.87. The Morgan fingerprint density at radius 1 is 1.29 bits per heavy atom. The van der Waals surface area contributed by atoms with Gasteiger partial charge in [0.2, 0.25) is 6.19 Å². The van der Waals surface area contributed by atoms with Gasteiger partial charge in [-0.05, 0) is 23.5 Å². The van der Waals surface area contributed by atoms with Crippen molar-refractivity contribution in [3.05, 3.63) is 35.4 Å². The van der Waals surface area contributed by atoms with E-state index in [1.807, 2.05) is 0 Å². The molecule has 0 aromatic heterocycles. The summed E-state index contributed by atoms with van der Waals surface area (Å²) in [7, 11) is 0. The maximum Gasteiger partial charge on any atom is 0.207 e. The average Bonchev–Trinajstić information content (AvgIpc) is 2.26. The smallest absolute Gasteiger partial charge is 0.207 e. The number of nitriles is 1. The van der Waals surface area contributed by atoms with Crippen LogP contribution in [0.1, 0.15) is 38.8 Å². The van der Waals surface area contributed by atoms with Crippen LogP contribution >= 0.6 is 0 Å². The zero-order valence-electron chi connectivity index (χ0n) is 10.9. The monoisotopic (exact) mass is 229 g/mol. The molecule has 1 aromatic rings. The fourth-order valence-corrected chi connectivity index (χ4v) is 1.47. The Bertz CT molecular complexity index is 430. The van der Waals surface area contributed by atoms with E-state index in [0.717, 1.165) is 0 Å². The third-order valence-corrected chi connectivity index (χ3v) is 2.59. The highest BCUT2D eigenvalue weighted by Crippen LogP contribution is 2.22. The highest BCUT2D eigenvalue weighted by atomic mass is 15.0. The number of hydrogen-bond acceptors (Lipinski definition) is 2. The van der Waals surface area contributed by atoms with Gasteiger partial charge in [-0.3, -0.25) is 0 Å². The average molecular weight is 229 g/mol. The molecule has 17 heavy (non-hydrogen) atoms. The fourth-order valence-electron chi connectivity index (χ4n) is 1.47. The van der Waals surface area contributed by atoms with Gasteiger partial charge in [-0.1, -0.05) is 45.0 Å². The lowest BCUT2D eigenvalue weighted by molar-refractivity contribution is 0.590. The van der Waals surface area contributed by atoms with Crippen LogP contribution in [0, 0.1) is 11.5 Å². The minimum Gasteiger partial charge on any atom is -0.369 e. The van der Waals surface area contributed by atoms with Gasteiger partial charge in [0.25, 0.3) is 0 Å². The van der Waals surface area contributed by atoms with Gasteiger partial charge in [-0.2, -0.15) is 10.3 Å². The lowest BCUT2D eigenvalue weighted by Crippen LogP contribution is -2.19. The van der Waals surface area contributed by atoms with E-state index in [1.165, 1.54) is 11.1 Å². The van der Waals surface area contributed by atoms with Gasteiger partial charge in [0.05, 0.1) is 0 Å². The first-order valence-corrected chi connectivity index (χ1v) is 5.70. The Labute approximate surface area is 103 Å². The Morgan fingerprint density at radius 2 is 1.88 bits per heavy atom. The molecular formula is C14H19N3. The van der Waals surface area contributed by atoms with Crippen molar-refractivity contribution in [2.45, 2.75) is 39.7 Å². The van der Waals surface area contributed by atoms with Crippen molar-refractivity contribution in [3.63, 3.8) is 0 Å². The highest BCUT2D eigenvalue weighted by molar-refractivity contribution is 5.80. The maximum absolute atomic E-state index is 8.38. The van der Waals surface area contributed by atoms with E-state index >= 15 is 0 Å².